The standard InChI is InChI=1S/C18H26N4O2/c1-12(2)10-16-17(23)19-7-9-22(16)18(24)20-14-5-4-13-6-8-21(3)15(13)11-14/h4-5,11-12,16H,6-10H2,1-3H3,(H,19,23)(H,20,24). The molecule has 1 atom stereocenters. The van der Waals surface area contributed by atoms with Gasteiger partial charge in [0.1, 0.15) is 6.04 Å². The lowest BCUT2D eigenvalue weighted by atomic mass is 10.0. The smallest absolute Gasteiger partial charge is 0.322 e. The van der Waals surface area contributed by atoms with E-state index in [-0.39, 0.29) is 11.9 Å². The Labute approximate surface area is 143 Å². The minimum Gasteiger partial charge on any atom is -0.374 e. The molecule has 130 valence electrons. The molecule has 1 saturated heterocycles. The van der Waals surface area contributed by atoms with Crippen LogP contribution in [0.25, 0.3) is 0 Å². The van der Waals surface area contributed by atoms with Crippen LogP contribution in [-0.4, -0.2) is 49.6 Å². The zero-order valence-corrected chi connectivity index (χ0v) is 14.6. The lowest BCUT2D eigenvalue weighted by molar-refractivity contribution is -0.128. The van der Waals surface area contributed by atoms with E-state index in [1.165, 1.54) is 11.3 Å². The van der Waals surface area contributed by atoms with Crippen molar-refractivity contribution in [3.63, 3.8) is 0 Å². The maximum atomic E-state index is 12.7. The van der Waals surface area contributed by atoms with Gasteiger partial charge in [-0.15, -0.1) is 0 Å². The number of benzene rings is 1. The second-order valence-electron chi connectivity index (χ2n) is 7.07. The van der Waals surface area contributed by atoms with Crippen LogP contribution in [0.1, 0.15) is 25.8 Å². The molecule has 0 saturated carbocycles. The van der Waals surface area contributed by atoms with Crippen molar-refractivity contribution in [2.75, 3.05) is 36.9 Å². The number of carbonyl (C=O) groups is 2. The van der Waals surface area contributed by atoms with E-state index in [1.54, 1.807) is 4.90 Å². The first-order valence-electron chi connectivity index (χ1n) is 8.65. The Hall–Kier alpha value is -2.24. The van der Waals surface area contributed by atoms with E-state index in [1.807, 2.05) is 12.1 Å². The average Bonchev–Trinajstić information content (AvgIpc) is 2.90. The molecule has 2 heterocycles. The minimum absolute atomic E-state index is 0.0567. The topological polar surface area (TPSA) is 64.7 Å². The van der Waals surface area contributed by atoms with E-state index in [0.29, 0.717) is 25.4 Å². The van der Waals surface area contributed by atoms with Crippen molar-refractivity contribution < 1.29 is 9.59 Å². The number of urea groups is 1. The third-order valence-corrected chi connectivity index (χ3v) is 4.75. The number of fused-ring (bicyclic) bond motifs is 1. The molecule has 1 fully saturated rings. The van der Waals surface area contributed by atoms with E-state index >= 15 is 0 Å². The predicted octanol–water partition coefficient (Wildman–Crippen LogP) is 2.06. The number of carbonyl (C=O) groups excluding carboxylic acids is 2. The molecule has 3 rings (SSSR count). The lowest BCUT2D eigenvalue weighted by Crippen LogP contribution is -2.58. The number of likely N-dealkylation sites (N-methyl/N-ethyl adjacent to an activating group) is 1. The first-order chi connectivity index (χ1) is 11.5. The van der Waals surface area contributed by atoms with E-state index in [4.69, 9.17) is 0 Å². The normalized spacial score (nSPS) is 20.2. The van der Waals surface area contributed by atoms with Crippen LogP contribution < -0.4 is 15.5 Å². The summed E-state index contributed by atoms with van der Waals surface area (Å²) in [5.74, 6) is 0.293. The summed E-state index contributed by atoms with van der Waals surface area (Å²) >= 11 is 0. The Morgan fingerprint density at radius 2 is 2.17 bits per heavy atom. The van der Waals surface area contributed by atoms with Gasteiger partial charge in [0, 0.05) is 38.1 Å². The molecule has 0 bridgehead atoms. The molecular formula is C18H26N4O2. The summed E-state index contributed by atoms with van der Waals surface area (Å²) in [5, 5.41) is 5.82. The Morgan fingerprint density at radius 1 is 1.38 bits per heavy atom. The highest BCUT2D eigenvalue weighted by Gasteiger charge is 2.33. The second-order valence-corrected chi connectivity index (χ2v) is 7.07. The number of amides is 3. The summed E-state index contributed by atoms with van der Waals surface area (Å²) in [4.78, 5) is 28.7. The third-order valence-electron chi connectivity index (χ3n) is 4.75. The van der Waals surface area contributed by atoms with Gasteiger partial charge in [0.25, 0.3) is 0 Å². The van der Waals surface area contributed by atoms with E-state index < -0.39 is 6.04 Å². The molecule has 0 aromatic heterocycles. The molecule has 6 heteroatoms. The van der Waals surface area contributed by atoms with Crippen molar-refractivity contribution in [2.45, 2.75) is 32.7 Å². The van der Waals surface area contributed by atoms with Gasteiger partial charge in [-0.25, -0.2) is 4.79 Å². The van der Waals surface area contributed by atoms with Crippen LogP contribution >= 0.6 is 0 Å². The summed E-state index contributed by atoms with van der Waals surface area (Å²) < 4.78 is 0. The highest BCUT2D eigenvalue weighted by molar-refractivity contribution is 5.95. The van der Waals surface area contributed by atoms with E-state index in [9.17, 15) is 9.59 Å². The van der Waals surface area contributed by atoms with Crippen molar-refractivity contribution in [2.24, 2.45) is 5.92 Å². The Morgan fingerprint density at radius 3 is 2.92 bits per heavy atom. The molecular weight excluding hydrogens is 304 g/mol. The minimum atomic E-state index is -0.393. The van der Waals surface area contributed by atoms with Crippen LogP contribution in [0.15, 0.2) is 18.2 Å². The second kappa shape index (κ2) is 6.71. The molecule has 1 aromatic carbocycles. The quantitative estimate of drug-likeness (QED) is 0.891. The zero-order valence-electron chi connectivity index (χ0n) is 14.6. The molecule has 1 unspecified atom stereocenters. The number of rotatable bonds is 3. The van der Waals surface area contributed by atoms with Crippen LogP contribution in [0.5, 0.6) is 0 Å². The Kier molecular flexibility index (Phi) is 4.64. The van der Waals surface area contributed by atoms with Gasteiger partial charge in [0.15, 0.2) is 0 Å². The highest BCUT2D eigenvalue weighted by Crippen LogP contribution is 2.29. The third kappa shape index (κ3) is 3.32. The monoisotopic (exact) mass is 330 g/mol. The van der Waals surface area contributed by atoms with Crippen LogP contribution in [0.3, 0.4) is 0 Å². The molecule has 6 nitrogen and oxygen atoms in total. The fraction of sp³-hybridized carbons (Fsp3) is 0.556. The number of hydrogen-bond donors (Lipinski definition) is 2. The summed E-state index contributed by atoms with van der Waals surface area (Å²) in [6.07, 6.45) is 1.72. The predicted molar refractivity (Wildman–Crippen MR) is 95.4 cm³/mol. The molecule has 0 aliphatic carbocycles. The summed E-state index contributed by atoms with van der Waals surface area (Å²) in [5.41, 5.74) is 3.26. The van der Waals surface area contributed by atoms with Crippen LogP contribution in [0.2, 0.25) is 0 Å². The molecule has 2 aliphatic heterocycles. The Balaban J connectivity index is 1.73. The lowest BCUT2D eigenvalue weighted by Gasteiger charge is -2.35. The fourth-order valence-electron chi connectivity index (χ4n) is 3.45. The number of nitrogens with one attached hydrogen (secondary N) is 2. The van der Waals surface area contributed by atoms with Crippen molar-refractivity contribution in [1.29, 1.82) is 0 Å². The first kappa shape index (κ1) is 16.6. The van der Waals surface area contributed by atoms with Crippen molar-refractivity contribution >= 4 is 23.3 Å². The summed E-state index contributed by atoms with van der Waals surface area (Å²) in [6, 6.07) is 5.44. The Bertz CT molecular complexity index is 644. The van der Waals surface area contributed by atoms with E-state index in [0.717, 1.165) is 18.7 Å². The highest BCUT2D eigenvalue weighted by atomic mass is 16.2. The van der Waals surface area contributed by atoms with Gasteiger partial charge in [-0.3, -0.25) is 4.79 Å². The molecule has 2 aliphatic rings. The first-order valence-corrected chi connectivity index (χ1v) is 8.65. The maximum absolute atomic E-state index is 12.7. The van der Waals surface area contributed by atoms with Crippen molar-refractivity contribution in [1.82, 2.24) is 10.2 Å². The zero-order chi connectivity index (χ0) is 17.3. The van der Waals surface area contributed by atoms with Crippen molar-refractivity contribution in [3.8, 4) is 0 Å². The van der Waals surface area contributed by atoms with Gasteiger partial charge in [0.05, 0.1) is 0 Å². The molecule has 3 amide bonds. The number of piperazine rings is 1. The van der Waals surface area contributed by atoms with Gasteiger partial charge in [-0.1, -0.05) is 19.9 Å². The summed E-state index contributed by atoms with van der Waals surface area (Å²) in [6.45, 7) is 6.19. The molecule has 24 heavy (non-hydrogen) atoms. The number of nitrogens with zero attached hydrogens (tertiary/aromatic N) is 2. The summed E-state index contributed by atoms with van der Waals surface area (Å²) in [7, 11) is 2.06. The van der Waals surface area contributed by atoms with E-state index in [2.05, 4.69) is 42.5 Å². The number of hydrogen-bond acceptors (Lipinski definition) is 3. The van der Waals surface area contributed by atoms with Crippen LogP contribution in [0, 0.1) is 5.92 Å². The van der Waals surface area contributed by atoms with Gasteiger partial charge < -0.3 is 20.4 Å². The van der Waals surface area contributed by atoms with Gasteiger partial charge in [-0.05, 0) is 36.5 Å². The molecule has 1 aromatic rings. The van der Waals surface area contributed by atoms with Gasteiger partial charge in [-0.2, -0.15) is 0 Å². The SMILES string of the molecule is CC(C)CC1C(=O)NCCN1C(=O)Nc1ccc2c(c1)N(C)CC2. The molecule has 0 radical (unpaired) electrons. The van der Waals surface area contributed by atoms with Gasteiger partial charge >= 0.3 is 6.03 Å². The number of anilines is 2. The van der Waals surface area contributed by atoms with Crippen LogP contribution in [0.4, 0.5) is 16.2 Å². The molecule has 2 N–H and O–H groups in total. The van der Waals surface area contributed by atoms with Crippen molar-refractivity contribution in [3.05, 3.63) is 23.8 Å². The fourth-order valence-corrected chi connectivity index (χ4v) is 3.45. The maximum Gasteiger partial charge on any atom is 0.322 e. The average molecular weight is 330 g/mol. The van der Waals surface area contributed by atoms with Crippen LogP contribution in [-0.2, 0) is 11.2 Å². The largest absolute Gasteiger partial charge is 0.374 e. The molecule has 0 spiro atoms. The van der Waals surface area contributed by atoms with Gasteiger partial charge in [0.2, 0.25) is 5.91 Å².